The molecule has 0 aliphatic carbocycles. The summed E-state index contributed by atoms with van der Waals surface area (Å²) in [6.45, 7) is 4.28. The van der Waals surface area contributed by atoms with E-state index in [1.165, 1.54) is 0 Å². The lowest BCUT2D eigenvalue weighted by atomic mass is 10.0. The van der Waals surface area contributed by atoms with Gasteiger partial charge in [-0.05, 0) is 29.7 Å². The Morgan fingerprint density at radius 3 is 2.37 bits per heavy atom. The van der Waals surface area contributed by atoms with Crippen LogP contribution in [0.4, 0.5) is 5.69 Å². The fourth-order valence-electron chi connectivity index (χ4n) is 1.92. The molecule has 3 heteroatoms. The first-order valence-electron chi connectivity index (χ1n) is 6.32. The molecule has 0 amide bonds. The third-order valence-electron chi connectivity index (χ3n) is 2.98. The molecule has 0 heterocycles. The topological polar surface area (TPSA) is 44.5 Å². The Kier molecular flexibility index (Phi) is 3.95. The molecule has 0 atom stereocenters. The lowest BCUT2D eigenvalue weighted by Crippen LogP contribution is -1.97. The average molecular weight is 257 g/mol. The van der Waals surface area contributed by atoms with E-state index in [1.807, 2.05) is 30.3 Å². The fraction of sp³-hybridized carbons (Fsp3) is 0.250. The Hall–Kier alpha value is -2.16. The highest BCUT2D eigenvalue weighted by Gasteiger charge is 2.10. The van der Waals surface area contributed by atoms with Crippen LogP contribution in [0.3, 0.4) is 0 Å². The van der Waals surface area contributed by atoms with Crippen LogP contribution in [0.25, 0.3) is 0 Å². The van der Waals surface area contributed by atoms with Gasteiger partial charge in [-0.15, -0.1) is 0 Å². The summed E-state index contributed by atoms with van der Waals surface area (Å²) in [5.41, 5.74) is 7.70. The van der Waals surface area contributed by atoms with Crippen molar-refractivity contribution in [3.63, 3.8) is 0 Å². The Morgan fingerprint density at radius 2 is 1.74 bits per heavy atom. The van der Waals surface area contributed by atoms with Crippen molar-refractivity contribution in [2.24, 2.45) is 0 Å². The highest BCUT2D eigenvalue weighted by molar-refractivity contribution is 5.58. The zero-order valence-corrected chi connectivity index (χ0v) is 11.5. The summed E-state index contributed by atoms with van der Waals surface area (Å²) in [7, 11) is 1.61. The van der Waals surface area contributed by atoms with Crippen LogP contribution in [0.5, 0.6) is 17.2 Å². The summed E-state index contributed by atoms with van der Waals surface area (Å²) in [5.74, 6) is 2.61. The zero-order chi connectivity index (χ0) is 13.8. The number of hydrogen-bond donors (Lipinski definition) is 1. The highest BCUT2D eigenvalue weighted by atomic mass is 16.5. The third-order valence-corrected chi connectivity index (χ3v) is 2.98. The molecule has 2 N–H and O–H groups in total. The van der Waals surface area contributed by atoms with E-state index in [2.05, 4.69) is 19.9 Å². The molecule has 0 radical (unpaired) electrons. The summed E-state index contributed by atoms with van der Waals surface area (Å²) in [6, 6.07) is 13.4. The molecule has 19 heavy (non-hydrogen) atoms. The zero-order valence-electron chi connectivity index (χ0n) is 11.5. The second-order valence-corrected chi connectivity index (χ2v) is 4.70. The van der Waals surface area contributed by atoms with E-state index in [0.29, 0.717) is 17.4 Å². The molecule has 100 valence electrons. The quantitative estimate of drug-likeness (QED) is 0.835. The van der Waals surface area contributed by atoms with Gasteiger partial charge in [0.25, 0.3) is 0 Å². The fourth-order valence-corrected chi connectivity index (χ4v) is 1.92. The van der Waals surface area contributed by atoms with Crippen molar-refractivity contribution in [1.29, 1.82) is 0 Å². The molecule has 0 unspecified atom stereocenters. The van der Waals surface area contributed by atoms with Crippen LogP contribution < -0.4 is 15.2 Å². The van der Waals surface area contributed by atoms with Gasteiger partial charge in [-0.3, -0.25) is 0 Å². The lowest BCUT2D eigenvalue weighted by Gasteiger charge is -2.15. The minimum absolute atomic E-state index is 0.399. The number of anilines is 1. The number of hydrogen-bond acceptors (Lipinski definition) is 3. The molecule has 2 rings (SSSR count). The van der Waals surface area contributed by atoms with Gasteiger partial charge in [0.15, 0.2) is 5.75 Å². The molecule has 0 bridgehead atoms. The van der Waals surface area contributed by atoms with Crippen molar-refractivity contribution in [3.05, 3.63) is 48.0 Å². The van der Waals surface area contributed by atoms with Crippen molar-refractivity contribution >= 4 is 5.69 Å². The van der Waals surface area contributed by atoms with Crippen LogP contribution in [0.15, 0.2) is 42.5 Å². The molecule has 2 aromatic rings. The first kappa shape index (κ1) is 13.3. The van der Waals surface area contributed by atoms with Crippen molar-refractivity contribution < 1.29 is 9.47 Å². The lowest BCUT2D eigenvalue weighted by molar-refractivity contribution is 0.413. The van der Waals surface area contributed by atoms with Crippen LogP contribution in [-0.4, -0.2) is 7.11 Å². The molecular formula is C16H19NO2. The van der Waals surface area contributed by atoms with E-state index in [9.17, 15) is 0 Å². The second-order valence-electron chi connectivity index (χ2n) is 4.70. The Morgan fingerprint density at radius 1 is 1.00 bits per heavy atom. The number of ether oxygens (including phenoxy) is 2. The molecule has 2 aromatic carbocycles. The van der Waals surface area contributed by atoms with Crippen molar-refractivity contribution in [3.8, 4) is 17.2 Å². The van der Waals surface area contributed by atoms with E-state index in [1.54, 1.807) is 13.2 Å². The van der Waals surface area contributed by atoms with Crippen LogP contribution in [0.2, 0.25) is 0 Å². The summed E-state index contributed by atoms with van der Waals surface area (Å²) in [6.07, 6.45) is 0. The Bertz CT molecular complexity index is 564. The molecule has 0 saturated carbocycles. The molecule has 0 saturated heterocycles. The van der Waals surface area contributed by atoms with E-state index in [-0.39, 0.29) is 0 Å². The minimum Gasteiger partial charge on any atom is -0.497 e. The van der Waals surface area contributed by atoms with Gasteiger partial charge < -0.3 is 15.2 Å². The van der Waals surface area contributed by atoms with Gasteiger partial charge in [0.05, 0.1) is 12.8 Å². The van der Waals surface area contributed by atoms with E-state index >= 15 is 0 Å². The highest BCUT2D eigenvalue weighted by Crippen LogP contribution is 2.34. The number of para-hydroxylation sites is 1. The monoisotopic (exact) mass is 257 g/mol. The maximum Gasteiger partial charge on any atom is 0.150 e. The van der Waals surface area contributed by atoms with Crippen LogP contribution in [-0.2, 0) is 0 Å². The number of nitrogens with two attached hydrogens (primary N) is 1. The van der Waals surface area contributed by atoms with E-state index in [0.717, 1.165) is 17.1 Å². The number of benzene rings is 2. The van der Waals surface area contributed by atoms with Gasteiger partial charge in [0.1, 0.15) is 11.5 Å². The van der Waals surface area contributed by atoms with Crippen molar-refractivity contribution in [2.75, 3.05) is 12.8 Å². The van der Waals surface area contributed by atoms with E-state index in [4.69, 9.17) is 15.2 Å². The van der Waals surface area contributed by atoms with Crippen LogP contribution in [0.1, 0.15) is 25.3 Å². The minimum atomic E-state index is 0.399. The maximum atomic E-state index is 5.97. The Balaban J connectivity index is 2.31. The average Bonchev–Trinajstić information content (AvgIpc) is 2.41. The van der Waals surface area contributed by atoms with Crippen LogP contribution >= 0.6 is 0 Å². The molecule has 3 nitrogen and oxygen atoms in total. The summed E-state index contributed by atoms with van der Waals surface area (Å²) in [5, 5.41) is 0. The van der Waals surface area contributed by atoms with Crippen molar-refractivity contribution in [2.45, 2.75) is 19.8 Å². The van der Waals surface area contributed by atoms with Crippen molar-refractivity contribution in [1.82, 2.24) is 0 Å². The standard InChI is InChI=1S/C16H19NO2/c1-11(2)13-6-4-5-7-15(13)19-16-9-8-12(18-3)10-14(16)17/h4-11H,17H2,1-3H3. The summed E-state index contributed by atoms with van der Waals surface area (Å²) >= 11 is 0. The predicted octanol–water partition coefficient (Wildman–Crippen LogP) is 4.19. The Labute approximate surface area is 114 Å². The van der Waals surface area contributed by atoms with Gasteiger partial charge in [-0.1, -0.05) is 32.0 Å². The normalized spacial score (nSPS) is 10.5. The van der Waals surface area contributed by atoms with Gasteiger partial charge in [-0.2, -0.15) is 0 Å². The molecule has 0 spiro atoms. The van der Waals surface area contributed by atoms with Gasteiger partial charge in [0, 0.05) is 6.07 Å². The SMILES string of the molecule is COc1ccc(Oc2ccccc2C(C)C)c(N)c1. The molecule has 0 fully saturated rings. The molecule has 0 aromatic heterocycles. The van der Waals surface area contributed by atoms with Gasteiger partial charge in [-0.25, -0.2) is 0 Å². The van der Waals surface area contributed by atoms with Gasteiger partial charge in [0.2, 0.25) is 0 Å². The molecule has 0 aliphatic rings. The molecule has 0 aliphatic heterocycles. The third kappa shape index (κ3) is 2.99. The summed E-state index contributed by atoms with van der Waals surface area (Å²) in [4.78, 5) is 0. The van der Waals surface area contributed by atoms with Crippen LogP contribution in [0, 0.1) is 0 Å². The first-order valence-corrected chi connectivity index (χ1v) is 6.32. The summed E-state index contributed by atoms with van der Waals surface area (Å²) < 4.78 is 11.0. The van der Waals surface area contributed by atoms with E-state index < -0.39 is 0 Å². The number of rotatable bonds is 4. The second kappa shape index (κ2) is 5.65. The molecular weight excluding hydrogens is 238 g/mol. The number of methoxy groups -OCH3 is 1. The number of nitrogen functional groups attached to an aromatic ring is 1. The largest absolute Gasteiger partial charge is 0.497 e. The first-order chi connectivity index (χ1) is 9.11. The smallest absolute Gasteiger partial charge is 0.150 e. The van der Waals surface area contributed by atoms with Gasteiger partial charge >= 0.3 is 0 Å². The predicted molar refractivity (Wildman–Crippen MR) is 78.0 cm³/mol. The maximum absolute atomic E-state index is 5.97.